The molecule has 0 aliphatic carbocycles. The van der Waals surface area contributed by atoms with Crippen LogP contribution < -0.4 is 14.8 Å². The van der Waals surface area contributed by atoms with Gasteiger partial charge >= 0.3 is 0 Å². The van der Waals surface area contributed by atoms with Gasteiger partial charge in [0.2, 0.25) is 15.9 Å². The Morgan fingerprint density at radius 1 is 1.04 bits per heavy atom. The van der Waals surface area contributed by atoms with Crippen LogP contribution in [-0.4, -0.2) is 46.9 Å². The Morgan fingerprint density at radius 3 is 2.26 bits per heavy atom. The number of carbonyl (C=O) groups excluding carboxylic acids is 1. The van der Waals surface area contributed by atoms with Crippen molar-refractivity contribution in [1.29, 1.82) is 0 Å². The van der Waals surface area contributed by atoms with E-state index in [-0.39, 0.29) is 17.2 Å². The van der Waals surface area contributed by atoms with Crippen LogP contribution in [0.2, 0.25) is 0 Å². The number of ether oxygens (including phenoxy) is 2. The Balaban J connectivity index is 2.00. The second-order valence-corrected chi connectivity index (χ2v) is 8.21. The Kier molecular flexibility index (Phi) is 6.81. The third kappa shape index (κ3) is 5.21. The normalized spacial score (nSPS) is 11.3. The lowest BCUT2D eigenvalue weighted by Crippen LogP contribution is -2.25. The second-order valence-electron chi connectivity index (χ2n) is 6.06. The molecule has 2 aromatic carbocycles. The van der Waals surface area contributed by atoms with Crippen LogP contribution in [0.3, 0.4) is 0 Å². The molecule has 0 fully saturated rings. The van der Waals surface area contributed by atoms with Crippen LogP contribution in [0.5, 0.6) is 11.5 Å². The summed E-state index contributed by atoms with van der Waals surface area (Å²) < 4.78 is 35.7. The van der Waals surface area contributed by atoms with E-state index >= 15 is 0 Å². The first-order valence-electron chi connectivity index (χ1n) is 8.27. The van der Waals surface area contributed by atoms with Gasteiger partial charge in [-0.15, -0.1) is 0 Å². The summed E-state index contributed by atoms with van der Waals surface area (Å²) in [6.45, 7) is 0.299. The lowest BCUT2D eigenvalue weighted by atomic mass is 10.1. The average Bonchev–Trinajstić information content (AvgIpc) is 2.66. The van der Waals surface area contributed by atoms with Crippen molar-refractivity contribution in [3.63, 3.8) is 0 Å². The van der Waals surface area contributed by atoms with Gasteiger partial charge in [0.25, 0.3) is 0 Å². The summed E-state index contributed by atoms with van der Waals surface area (Å²) in [5.41, 5.74) is 1.53. The van der Waals surface area contributed by atoms with E-state index in [1.807, 2.05) is 0 Å². The molecule has 0 aliphatic heterocycles. The van der Waals surface area contributed by atoms with Crippen LogP contribution in [-0.2, 0) is 27.8 Å². The highest BCUT2D eigenvalue weighted by Crippen LogP contribution is 2.24. The van der Waals surface area contributed by atoms with Crippen LogP contribution in [0.25, 0.3) is 0 Å². The molecule has 146 valence electrons. The highest BCUT2D eigenvalue weighted by Gasteiger charge is 2.16. The van der Waals surface area contributed by atoms with Gasteiger partial charge in [-0.25, -0.2) is 12.7 Å². The van der Waals surface area contributed by atoms with Gasteiger partial charge in [0.05, 0.1) is 25.5 Å². The predicted molar refractivity (Wildman–Crippen MR) is 102 cm³/mol. The monoisotopic (exact) mass is 392 g/mol. The van der Waals surface area contributed by atoms with Gasteiger partial charge in [0.1, 0.15) is 11.5 Å². The number of nitrogens with one attached hydrogen (secondary N) is 1. The number of sulfonamides is 1. The number of carbonyl (C=O) groups is 1. The van der Waals surface area contributed by atoms with Gasteiger partial charge in [-0.3, -0.25) is 4.79 Å². The Labute approximate surface area is 160 Å². The fraction of sp³-hybridized carbons (Fsp3) is 0.316. The van der Waals surface area contributed by atoms with Crippen LogP contribution in [0, 0.1) is 0 Å². The van der Waals surface area contributed by atoms with Crippen molar-refractivity contribution in [3.05, 3.63) is 53.6 Å². The smallest absolute Gasteiger partial charge is 0.242 e. The maximum absolute atomic E-state index is 12.3. The summed E-state index contributed by atoms with van der Waals surface area (Å²) in [5, 5.41) is 2.82. The van der Waals surface area contributed by atoms with Crippen LogP contribution in [0.1, 0.15) is 11.1 Å². The van der Waals surface area contributed by atoms with Gasteiger partial charge in [-0.05, 0) is 35.9 Å². The quantitative estimate of drug-likeness (QED) is 0.741. The number of amides is 1. The van der Waals surface area contributed by atoms with Crippen molar-refractivity contribution in [2.45, 2.75) is 17.9 Å². The molecule has 0 aliphatic rings. The van der Waals surface area contributed by atoms with Gasteiger partial charge < -0.3 is 14.8 Å². The van der Waals surface area contributed by atoms with Gasteiger partial charge in [0.15, 0.2) is 0 Å². The van der Waals surface area contributed by atoms with E-state index in [2.05, 4.69) is 5.32 Å². The summed E-state index contributed by atoms with van der Waals surface area (Å²) in [5.74, 6) is 1.09. The molecule has 0 saturated carbocycles. The summed E-state index contributed by atoms with van der Waals surface area (Å²) >= 11 is 0. The van der Waals surface area contributed by atoms with E-state index in [0.717, 1.165) is 15.4 Å². The largest absolute Gasteiger partial charge is 0.497 e. The molecule has 2 aromatic rings. The van der Waals surface area contributed by atoms with Crippen molar-refractivity contribution < 1.29 is 22.7 Å². The minimum atomic E-state index is -3.46. The maximum Gasteiger partial charge on any atom is 0.242 e. The third-order valence-corrected chi connectivity index (χ3v) is 5.86. The summed E-state index contributed by atoms with van der Waals surface area (Å²) in [7, 11) is 2.61. The van der Waals surface area contributed by atoms with E-state index in [1.54, 1.807) is 44.6 Å². The first-order valence-corrected chi connectivity index (χ1v) is 9.71. The fourth-order valence-corrected chi connectivity index (χ4v) is 3.35. The van der Waals surface area contributed by atoms with Crippen molar-refractivity contribution >= 4 is 15.9 Å². The number of methoxy groups -OCH3 is 2. The molecule has 8 heteroatoms. The SMILES string of the molecule is COc1ccc(OC)c(CC(=O)NCc2ccc(S(=O)(=O)N(C)C)cc2)c1. The lowest BCUT2D eigenvalue weighted by molar-refractivity contribution is -0.120. The van der Waals surface area contributed by atoms with E-state index in [1.165, 1.54) is 26.2 Å². The number of hydrogen-bond donors (Lipinski definition) is 1. The standard InChI is InChI=1S/C19H24N2O5S/c1-21(2)27(23,24)17-8-5-14(6-9-17)13-20-19(22)12-15-11-16(25-3)7-10-18(15)26-4/h5-11H,12-13H2,1-4H3,(H,20,22). The van der Waals surface area contributed by atoms with Crippen LogP contribution in [0.15, 0.2) is 47.4 Å². The number of nitrogens with zero attached hydrogens (tertiary/aromatic N) is 1. The molecule has 1 amide bonds. The van der Waals surface area contributed by atoms with Gasteiger partial charge in [-0.1, -0.05) is 12.1 Å². The molecular weight excluding hydrogens is 368 g/mol. The zero-order chi connectivity index (χ0) is 20.0. The van der Waals surface area contributed by atoms with E-state index in [9.17, 15) is 13.2 Å². The molecule has 1 N–H and O–H groups in total. The lowest BCUT2D eigenvalue weighted by Gasteiger charge is -2.12. The fourth-order valence-electron chi connectivity index (χ4n) is 2.45. The summed E-state index contributed by atoms with van der Waals surface area (Å²) in [6.07, 6.45) is 0.146. The number of hydrogen-bond acceptors (Lipinski definition) is 5. The van der Waals surface area contributed by atoms with Crippen molar-refractivity contribution in [2.75, 3.05) is 28.3 Å². The predicted octanol–water partition coefficient (Wildman–Crippen LogP) is 1.81. The van der Waals surface area contributed by atoms with Crippen LogP contribution >= 0.6 is 0 Å². The first kappa shape index (κ1) is 20.7. The molecule has 0 radical (unpaired) electrons. The number of rotatable bonds is 8. The molecule has 0 bridgehead atoms. The van der Waals surface area contributed by atoms with Gasteiger partial charge in [0, 0.05) is 26.2 Å². The van der Waals surface area contributed by atoms with E-state index < -0.39 is 10.0 Å². The molecule has 2 rings (SSSR count). The topological polar surface area (TPSA) is 84.9 Å². The average molecular weight is 392 g/mol. The molecule has 27 heavy (non-hydrogen) atoms. The third-order valence-electron chi connectivity index (χ3n) is 4.03. The maximum atomic E-state index is 12.3. The highest BCUT2D eigenvalue weighted by atomic mass is 32.2. The Hall–Kier alpha value is -2.58. The van der Waals surface area contributed by atoms with Crippen molar-refractivity contribution in [1.82, 2.24) is 9.62 Å². The molecule has 0 heterocycles. The highest BCUT2D eigenvalue weighted by molar-refractivity contribution is 7.89. The zero-order valence-corrected chi connectivity index (χ0v) is 16.7. The zero-order valence-electron chi connectivity index (χ0n) is 15.9. The molecule has 7 nitrogen and oxygen atoms in total. The molecule has 0 atom stereocenters. The molecule has 0 aromatic heterocycles. The van der Waals surface area contributed by atoms with Gasteiger partial charge in [-0.2, -0.15) is 0 Å². The molecule has 0 saturated heterocycles. The van der Waals surface area contributed by atoms with Crippen molar-refractivity contribution in [2.24, 2.45) is 0 Å². The Morgan fingerprint density at radius 2 is 1.70 bits per heavy atom. The number of benzene rings is 2. The van der Waals surface area contributed by atoms with Crippen molar-refractivity contribution in [3.8, 4) is 11.5 Å². The second kappa shape index (κ2) is 8.88. The van der Waals surface area contributed by atoms with Crippen LogP contribution in [0.4, 0.5) is 0 Å². The first-order chi connectivity index (χ1) is 12.8. The van der Waals surface area contributed by atoms with E-state index in [0.29, 0.717) is 18.0 Å². The Bertz CT molecular complexity index is 893. The molecule has 0 spiro atoms. The molecule has 0 unspecified atom stereocenters. The summed E-state index contributed by atoms with van der Waals surface area (Å²) in [6, 6.07) is 11.7. The minimum absolute atomic E-state index is 0.146. The minimum Gasteiger partial charge on any atom is -0.497 e. The van der Waals surface area contributed by atoms with E-state index in [4.69, 9.17) is 9.47 Å². The summed E-state index contributed by atoms with van der Waals surface area (Å²) in [4.78, 5) is 12.5. The molecular formula is C19H24N2O5S.